The van der Waals surface area contributed by atoms with Crippen LogP contribution in [0.25, 0.3) is 27.8 Å². The van der Waals surface area contributed by atoms with E-state index in [-0.39, 0.29) is 11.9 Å². The number of H-pyrrole nitrogens is 1. The highest BCUT2D eigenvalue weighted by Crippen LogP contribution is 2.31. The maximum absolute atomic E-state index is 13.9. The molecule has 3 aromatic heterocycles. The Labute approximate surface area is 207 Å². The minimum atomic E-state index is -0.384. The normalized spacial score (nSPS) is 13.0. The van der Waals surface area contributed by atoms with Crippen LogP contribution < -0.4 is 0 Å². The standard InChI is InChI=1S/C28H23N5O3/c1-36-28(35)18-9-10-24-21(14-18)22-16-32(13-11-25(22)30-24)27(34)23-17-33(20-7-3-2-4-8-20)31-26(23)19-6-5-12-29-15-19/h2-10,12,14-15,17,30H,11,13,16H2,1H3. The van der Waals surface area contributed by atoms with Crippen molar-refractivity contribution >= 4 is 22.8 Å². The average Bonchev–Trinajstić information content (AvgIpc) is 3.55. The second kappa shape index (κ2) is 8.81. The number of ether oxygens (including phenoxy) is 1. The largest absolute Gasteiger partial charge is 0.465 e. The molecule has 0 fully saturated rings. The van der Waals surface area contributed by atoms with Gasteiger partial charge in [0.25, 0.3) is 5.91 Å². The van der Waals surface area contributed by atoms with Gasteiger partial charge in [-0.05, 0) is 42.5 Å². The molecule has 0 saturated heterocycles. The van der Waals surface area contributed by atoms with Crippen LogP contribution in [0.1, 0.15) is 32.0 Å². The van der Waals surface area contributed by atoms with Gasteiger partial charge in [0, 0.05) is 65.8 Å². The van der Waals surface area contributed by atoms with Crippen LogP contribution in [0, 0.1) is 0 Å². The van der Waals surface area contributed by atoms with Gasteiger partial charge in [-0.2, -0.15) is 5.10 Å². The van der Waals surface area contributed by atoms with Crippen LogP contribution in [-0.4, -0.2) is 50.2 Å². The first-order valence-electron chi connectivity index (χ1n) is 11.7. The molecular weight excluding hydrogens is 454 g/mol. The fourth-order valence-electron chi connectivity index (χ4n) is 4.76. The van der Waals surface area contributed by atoms with Gasteiger partial charge in [0.05, 0.1) is 23.9 Å². The van der Waals surface area contributed by atoms with Crippen molar-refractivity contribution in [1.82, 2.24) is 24.6 Å². The molecule has 0 spiro atoms. The van der Waals surface area contributed by atoms with Crippen molar-refractivity contribution in [3.63, 3.8) is 0 Å². The predicted octanol–water partition coefficient (Wildman–Crippen LogP) is 4.40. The third-order valence-electron chi connectivity index (χ3n) is 6.58. The van der Waals surface area contributed by atoms with Crippen molar-refractivity contribution in [1.29, 1.82) is 0 Å². The summed E-state index contributed by atoms with van der Waals surface area (Å²) in [5.41, 5.74) is 6.29. The highest BCUT2D eigenvalue weighted by molar-refractivity contribution is 6.01. The van der Waals surface area contributed by atoms with Crippen molar-refractivity contribution in [2.24, 2.45) is 0 Å². The van der Waals surface area contributed by atoms with Gasteiger partial charge < -0.3 is 14.6 Å². The van der Waals surface area contributed by atoms with Crippen LogP contribution >= 0.6 is 0 Å². The monoisotopic (exact) mass is 477 g/mol. The molecule has 0 bridgehead atoms. The van der Waals surface area contributed by atoms with E-state index in [0.29, 0.717) is 36.3 Å². The molecule has 1 N–H and O–H groups in total. The number of hydrogen-bond acceptors (Lipinski definition) is 5. The van der Waals surface area contributed by atoms with E-state index in [1.54, 1.807) is 29.3 Å². The molecule has 0 radical (unpaired) electrons. The topological polar surface area (TPSA) is 93.1 Å². The number of hydrogen-bond donors (Lipinski definition) is 1. The number of carbonyl (C=O) groups is 2. The highest BCUT2D eigenvalue weighted by Gasteiger charge is 2.28. The van der Waals surface area contributed by atoms with E-state index in [9.17, 15) is 9.59 Å². The van der Waals surface area contributed by atoms with Crippen molar-refractivity contribution < 1.29 is 14.3 Å². The molecule has 2 aromatic carbocycles. The zero-order valence-electron chi connectivity index (χ0n) is 19.6. The second-order valence-corrected chi connectivity index (χ2v) is 8.72. The molecular formula is C28H23N5O3. The Morgan fingerprint density at radius 3 is 2.69 bits per heavy atom. The molecule has 1 aliphatic rings. The van der Waals surface area contributed by atoms with Gasteiger partial charge in [-0.25, -0.2) is 9.48 Å². The Morgan fingerprint density at radius 2 is 1.92 bits per heavy atom. The molecule has 0 unspecified atom stereocenters. The Balaban J connectivity index is 1.39. The van der Waals surface area contributed by atoms with Crippen molar-refractivity contribution in [3.05, 3.63) is 102 Å². The lowest BCUT2D eigenvalue weighted by Crippen LogP contribution is -2.35. The van der Waals surface area contributed by atoms with Crippen LogP contribution in [0.3, 0.4) is 0 Å². The molecule has 4 heterocycles. The van der Waals surface area contributed by atoms with E-state index in [1.807, 2.05) is 59.5 Å². The zero-order chi connectivity index (χ0) is 24.6. The van der Waals surface area contributed by atoms with E-state index in [1.165, 1.54) is 7.11 Å². The fourth-order valence-corrected chi connectivity index (χ4v) is 4.76. The fraction of sp³-hybridized carbons (Fsp3) is 0.143. The van der Waals surface area contributed by atoms with Gasteiger partial charge in [0.1, 0.15) is 5.69 Å². The summed E-state index contributed by atoms with van der Waals surface area (Å²) in [5.74, 6) is -0.481. The molecule has 8 heteroatoms. The lowest BCUT2D eigenvalue weighted by Gasteiger charge is -2.27. The zero-order valence-corrected chi connectivity index (χ0v) is 19.6. The van der Waals surface area contributed by atoms with E-state index in [4.69, 9.17) is 9.84 Å². The number of esters is 1. The maximum atomic E-state index is 13.9. The number of rotatable bonds is 4. The maximum Gasteiger partial charge on any atom is 0.337 e. The van der Waals surface area contributed by atoms with E-state index in [2.05, 4.69) is 9.97 Å². The molecule has 8 nitrogen and oxygen atoms in total. The van der Waals surface area contributed by atoms with Gasteiger partial charge in [-0.15, -0.1) is 0 Å². The van der Waals surface area contributed by atoms with Crippen LogP contribution in [0.15, 0.2) is 79.3 Å². The van der Waals surface area contributed by atoms with Gasteiger partial charge in [0.15, 0.2) is 0 Å². The number of nitrogens with zero attached hydrogens (tertiary/aromatic N) is 4. The van der Waals surface area contributed by atoms with Crippen LogP contribution in [0.4, 0.5) is 0 Å². The summed E-state index contributed by atoms with van der Waals surface area (Å²) in [5, 5.41) is 5.69. The molecule has 36 heavy (non-hydrogen) atoms. The van der Waals surface area contributed by atoms with Gasteiger partial charge in [0.2, 0.25) is 0 Å². The summed E-state index contributed by atoms with van der Waals surface area (Å²) in [6.07, 6.45) is 5.90. The van der Waals surface area contributed by atoms with Gasteiger partial charge >= 0.3 is 5.97 Å². The summed E-state index contributed by atoms with van der Waals surface area (Å²) < 4.78 is 6.62. The summed E-state index contributed by atoms with van der Waals surface area (Å²) in [6.45, 7) is 1.01. The van der Waals surface area contributed by atoms with Crippen molar-refractivity contribution in [2.75, 3.05) is 13.7 Å². The van der Waals surface area contributed by atoms with E-state index >= 15 is 0 Å². The quantitative estimate of drug-likeness (QED) is 0.387. The van der Waals surface area contributed by atoms with Crippen LogP contribution in [0.5, 0.6) is 0 Å². The number of benzene rings is 2. The number of fused-ring (bicyclic) bond motifs is 3. The summed E-state index contributed by atoms with van der Waals surface area (Å²) in [4.78, 5) is 35.5. The molecule has 5 aromatic rings. The third kappa shape index (κ3) is 3.73. The highest BCUT2D eigenvalue weighted by atomic mass is 16.5. The third-order valence-corrected chi connectivity index (χ3v) is 6.58. The summed E-state index contributed by atoms with van der Waals surface area (Å²) >= 11 is 0. The smallest absolute Gasteiger partial charge is 0.337 e. The number of methoxy groups -OCH3 is 1. The van der Waals surface area contributed by atoms with Crippen molar-refractivity contribution in [3.8, 4) is 16.9 Å². The molecule has 0 atom stereocenters. The first-order chi connectivity index (χ1) is 17.6. The molecule has 0 aliphatic carbocycles. The number of carbonyl (C=O) groups excluding carboxylic acids is 2. The van der Waals surface area contributed by atoms with E-state index < -0.39 is 0 Å². The number of aromatic nitrogens is 4. The first kappa shape index (κ1) is 21.8. The Morgan fingerprint density at radius 1 is 1.06 bits per heavy atom. The summed E-state index contributed by atoms with van der Waals surface area (Å²) in [7, 11) is 1.37. The minimum Gasteiger partial charge on any atom is -0.465 e. The number of amides is 1. The Kier molecular flexibility index (Phi) is 5.33. The van der Waals surface area contributed by atoms with Crippen LogP contribution in [0.2, 0.25) is 0 Å². The Hall–Kier alpha value is -4.72. The number of nitrogens with one attached hydrogen (secondary N) is 1. The van der Waals surface area contributed by atoms with Crippen LogP contribution in [-0.2, 0) is 17.7 Å². The molecule has 1 aliphatic heterocycles. The van der Waals surface area contributed by atoms with Crippen molar-refractivity contribution in [2.45, 2.75) is 13.0 Å². The average molecular weight is 478 g/mol. The second-order valence-electron chi connectivity index (χ2n) is 8.72. The molecule has 178 valence electrons. The molecule has 0 saturated carbocycles. The Bertz CT molecular complexity index is 1590. The lowest BCUT2D eigenvalue weighted by molar-refractivity contribution is 0.0600. The van der Waals surface area contributed by atoms with Gasteiger partial charge in [-0.1, -0.05) is 18.2 Å². The number of pyridine rings is 1. The molecule has 1 amide bonds. The number of aromatic amines is 1. The predicted molar refractivity (Wildman–Crippen MR) is 135 cm³/mol. The molecule has 6 rings (SSSR count). The lowest BCUT2D eigenvalue weighted by atomic mass is 10.0. The summed E-state index contributed by atoms with van der Waals surface area (Å²) in [6, 6.07) is 18.9. The first-order valence-corrected chi connectivity index (χ1v) is 11.7. The number of para-hydroxylation sites is 1. The van der Waals surface area contributed by atoms with E-state index in [0.717, 1.165) is 33.4 Å². The van der Waals surface area contributed by atoms with Gasteiger partial charge in [-0.3, -0.25) is 9.78 Å². The SMILES string of the molecule is COC(=O)c1ccc2[nH]c3c(c2c1)CN(C(=O)c1cn(-c2ccccc2)nc1-c1cccnc1)CC3. The minimum absolute atomic E-state index is 0.0971.